The number of ether oxygens (including phenoxy) is 2. The summed E-state index contributed by atoms with van der Waals surface area (Å²) in [6.07, 6.45) is 2.83. The molecule has 0 saturated carbocycles. The third-order valence-corrected chi connectivity index (χ3v) is 5.17. The van der Waals surface area contributed by atoms with Crippen LogP contribution in [0, 0.1) is 10.1 Å². The quantitative estimate of drug-likeness (QED) is 0.354. The van der Waals surface area contributed by atoms with Crippen LogP contribution in [0.1, 0.15) is 11.1 Å². The Bertz CT molecular complexity index is 1400. The van der Waals surface area contributed by atoms with Gasteiger partial charge in [-0.15, -0.1) is 0 Å². The molecule has 156 valence electrons. The minimum absolute atomic E-state index is 0.0381. The number of nitro benzene ring substituents is 1. The van der Waals surface area contributed by atoms with Crippen molar-refractivity contribution in [3.05, 3.63) is 85.5 Å². The molecule has 1 aliphatic rings. The van der Waals surface area contributed by atoms with Crippen LogP contribution in [0.15, 0.2) is 53.7 Å². The number of halogens is 1. The summed E-state index contributed by atoms with van der Waals surface area (Å²) in [5.74, 6) is 0.485. The Morgan fingerprint density at radius 2 is 2.13 bits per heavy atom. The summed E-state index contributed by atoms with van der Waals surface area (Å²) in [6.45, 7) is 0.285. The van der Waals surface area contributed by atoms with Crippen LogP contribution in [-0.2, 0) is 17.9 Å². The van der Waals surface area contributed by atoms with Crippen LogP contribution >= 0.6 is 11.6 Å². The van der Waals surface area contributed by atoms with Gasteiger partial charge in [-0.25, -0.2) is 9.67 Å². The van der Waals surface area contributed by atoms with Gasteiger partial charge in [-0.1, -0.05) is 17.7 Å². The zero-order valence-electron chi connectivity index (χ0n) is 15.9. The van der Waals surface area contributed by atoms with Crippen molar-refractivity contribution >= 4 is 28.3 Å². The molecule has 31 heavy (non-hydrogen) atoms. The number of nitro groups is 1. The largest absolute Gasteiger partial charge is 0.467 e. The van der Waals surface area contributed by atoms with E-state index in [2.05, 4.69) is 10.1 Å². The van der Waals surface area contributed by atoms with Crippen molar-refractivity contribution < 1.29 is 14.4 Å². The molecule has 0 N–H and O–H groups in total. The predicted octanol–water partition coefficient (Wildman–Crippen LogP) is 3.06. The van der Waals surface area contributed by atoms with Gasteiger partial charge in [-0.3, -0.25) is 19.5 Å². The lowest BCUT2D eigenvalue weighted by atomic mass is 10.1. The topological polar surface area (TPSA) is 114 Å². The first-order valence-electron chi connectivity index (χ1n) is 9.21. The third kappa shape index (κ3) is 3.41. The normalized spacial score (nSPS) is 13.1. The maximum absolute atomic E-state index is 13.1. The van der Waals surface area contributed by atoms with Crippen molar-refractivity contribution in [1.82, 2.24) is 19.3 Å². The van der Waals surface area contributed by atoms with Crippen molar-refractivity contribution in [3.8, 4) is 11.4 Å². The smallest absolute Gasteiger partial charge is 0.270 e. The van der Waals surface area contributed by atoms with Gasteiger partial charge in [-0.2, -0.15) is 5.10 Å². The Hall–Kier alpha value is -3.76. The van der Waals surface area contributed by atoms with E-state index in [1.807, 2.05) is 0 Å². The number of benzene rings is 2. The standard InChI is InChI=1S/C20H14ClN5O5/c21-14-2-1-3-15(6-14)25-19-17(7-23-25)20(27)24(10-22-19)8-12-4-16(26(28)29)5-13-9-30-11-31-18(12)13/h1-7,10H,8-9,11H2. The highest BCUT2D eigenvalue weighted by Gasteiger charge is 2.22. The van der Waals surface area contributed by atoms with E-state index < -0.39 is 4.92 Å². The second-order valence-corrected chi connectivity index (χ2v) is 7.35. The third-order valence-electron chi connectivity index (χ3n) is 4.93. The van der Waals surface area contributed by atoms with Crippen LogP contribution in [0.3, 0.4) is 0 Å². The number of aromatic nitrogens is 4. The van der Waals surface area contributed by atoms with Crippen LogP contribution in [-0.4, -0.2) is 31.0 Å². The zero-order valence-corrected chi connectivity index (χ0v) is 16.7. The van der Waals surface area contributed by atoms with Gasteiger partial charge in [0.15, 0.2) is 12.4 Å². The summed E-state index contributed by atoms with van der Waals surface area (Å²) >= 11 is 6.06. The molecule has 10 nitrogen and oxygen atoms in total. The number of hydrogen-bond acceptors (Lipinski definition) is 7. The van der Waals surface area contributed by atoms with E-state index in [9.17, 15) is 14.9 Å². The van der Waals surface area contributed by atoms with Crippen LogP contribution in [0.5, 0.6) is 5.75 Å². The van der Waals surface area contributed by atoms with Gasteiger partial charge >= 0.3 is 0 Å². The molecular formula is C20H14ClN5O5. The van der Waals surface area contributed by atoms with Crippen molar-refractivity contribution in [1.29, 1.82) is 0 Å². The van der Waals surface area contributed by atoms with E-state index in [1.165, 1.54) is 33.9 Å². The average Bonchev–Trinajstić information content (AvgIpc) is 3.20. The van der Waals surface area contributed by atoms with Crippen molar-refractivity contribution in [2.75, 3.05) is 6.79 Å². The second kappa shape index (κ2) is 7.49. The highest BCUT2D eigenvalue weighted by atomic mass is 35.5. The first-order valence-corrected chi connectivity index (χ1v) is 9.59. The van der Waals surface area contributed by atoms with Crippen molar-refractivity contribution in [3.63, 3.8) is 0 Å². The van der Waals surface area contributed by atoms with Gasteiger partial charge in [-0.05, 0) is 18.2 Å². The molecule has 0 fully saturated rings. The van der Waals surface area contributed by atoms with Gasteiger partial charge in [0.05, 0.1) is 30.0 Å². The lowest BCUT2D eigenvalue weighted by molar-refractivity contribution is -0.385. The molecule has 0 bridgehead atoms. The molecule has 2 aromatic carbocycles. The molecule has 5 rings (SSSR count). The van der Waals surface area contributed by atoms with Crippen LogP contribution < -0.4 is 10.3 Å². The maximum Gasteiger partial charge on any atom is 0.270 e. The number of fused-ring (bicyclic) bond motifs is 2. The van der Waals surface area contributed by atoms with E-state index in [-0.39, 0.29) is 31.2 Å². The first-order chi connectivity index (χ1) is 15.0. The molecule has 2 aromatic heterocycles. The van der Waals surface area contributed by atoms with Crippen LogP contribution in [0.25, 0.3) is 16.7 Å². The average molecular weight is 440 g/mol. The van der Waals surface area contributed by atoms with E-state index >= 15 is 0 Å². The summed E-state index contributed by atoms with van der Waals surface area (Å²) in [6, 6.07) is 9.86. The summed E-state index contributed by atoms with van der Waals surface area (Å²) < 4.78 is 13.7. The van der Waals surface area contributed by atoms with Gasteiger partial charge in [0.25, 0.3) is 11.2 Å². The van der Waals surface area contributed by atoms with E-state index in [0.29, 0.717) is 38.6 Å². The highest BCUT2D eigenvalue weighted by molar-refractivity contribution is 6.30. The van der Waals surface area contributed by atoms with Gasteiger partial charge in [0, 0.05) is 28.3 Å². The Morgan fingerprint density at radius 1 is 1.26 bits per heavy atom. The van der Waals surface area contributed by atoms with Crippen molar-refractivity contribution in [2.24, 2.45) is 0 Å². The summed E-state index contributed by atoms with van der Waals surface area (Å²) in [4.78, 5) is 28.3. The lowest BCUT2D eigenvalue weighted by Crippen LogP contribution is -2.22. The molecule has 0 aliphatic carbocycles. The molecule has 0 atom stereocenters. The molecule has 0 spiro atoms. The number of hydrogen-bond donors (Lipinski definition) is 0. The zero-order chi connectivity index (χ0) is 21.5. The summed E-state index contributed by atoms with van der Waals surface area (Å²) in [5, 5.41) is 16.4. The molecule has 3 heterocycles. The van der Waals surface area contributed by atoms with E-state index in [1.54, 1.807) is 24.3 Å². The van der Waals surface area contributed by atoms with Gasteiger partial charge in [0.1, 0.15) is 17.5 Å². The summed E-state index contributed by atoms with van der Waals surface area (Å²) in [5.41, 5.74) is 1.69. The Labute approximate surface area is 179 Å². The Kier molecular flexibility index (Phi) is 4.64. The highest BCUT2D eigenvalue weighted by Crippen LogP contribution is 2.33. The molecular weight excluding hydrogens is 426 g/mol. The Morgan fingerprint density at radius 3 is 2.94 bits per heavy atom. The van der Waals surface area contributed by atoms with E-state index in [4.69, 9.17) is 21.1 Å². The minimum atomic E-state index is -0.488. The SMILES string of the molecule is O=c1c2cnn(-c3cccc(Cl)c3)c2ncn1Cc1cc([N+](=O)[O-])cc2c1OCOC2. The van der Waals surface area contributed by atoms with Gasteiger partial charge < -0.3 is 9.47 Å². The van der Waals surface area contributed by atoms with E-state index in [0.717, 1.165) is 0 Å². The number of rotatable bonds is 4. The predicted molar refractivity (Wildman–Crippen MR) is 111 cm³/mol. The molecule has 0 amide bonds. The number of non-ortho nitro benzene ring substituents is 1. The minimum Gasteiger partial charge on any atom is -0.467 e. The maximum atomic E-state index is 13.1. The fourth-order valence-electron chi connectivity index (χ4n) is 3.55. The molecule has 1 aliphatic heterocycles. The van der Waals surface area contributed by atoms with Crippen molar-refractivity contribution in [2.45, 2.75) is 13.2 Å². The lowest BCUT2D eigenvalue weighted by Gasteiger charge is -2.20. The fraction of sp³-hybridized carbons (Fsp3) is 0.150. The van der Waals surface area contributed by atoms with Crippen LogP contribution in [0.4, 0.5) is 5.69 Å². The molecule has 0 saturated heterocycles. The Balaban J connectivity index is 1.58. The summed E-state index contributed by atoms with van der Waals surface area (Å²) in [7, 11) is 0. The molecule has 4 aromatic rings. The van der Waals surface area contributed by atoms with Gasteiger partial charge in [0.2, 0.25) is 0 Å². The fourth-order valence-corrected chi connectivity index (χ4v) is 3.73. The van der Waals surface area contributed by atoms with Crippen LogP contribution in [0.2, 0.25) is 5.02 Å². The number of nitrogens with zero attached hydrogens (tertiary/aromatic N) is 5. The monoisotopic (exact) mass is 439 g/mol. The second-order valence-electron chi connectivity index (χ2n) is 6.91. The first kappa shape index (κ1) is 19.2. The molecule has 0 unspecified atom stereocenters. The molecule has 0 radical (unpaired) electrons. The molecule has 11 heteroatoms.